The molecule has 2 aliphatic heterocycles. The van der Waals surface area contributed by atoms with Crippen molar-refractivity contribution >= 4 is 28.2 Å². The van der Waals surface area contributed by atoms with Gasteiger partial charge in [-0.1, -0.05) is 6.08 Å². The maximum Gasteiger partial charge on any atom is 0.164 e. The minimum absolute atomic E-state index is 0.818. The summed E-state index contributed by atoms with van der Waals surface area (Å²) in [6.07, 6.45) is 5.55. The summed E-state index contributed by atoms with van der Waals surface area (Å²) in [5, 5.41) is 1.10. The standard InChI is InChI=1S/C8H5N3S/c1-2-12-8-5(1)6-3-9-4-10-7(6)11-8/h1,3-4H,2H2. The summed E-state index contributed by atoms with van der Waals surface area (Å²) in [7, 11) is 0. The third kappa shape index (κ3) is 0.701. The van der Waals surface area contributed by atoms with Gasteiger partial charge in [0.1, 0.15) is 11.4 Å². The van der Waals surface area contributed by atoms with Crippen LogP contribution in [0.2, 0.25) is 0 Å². The Kier molecular flexibility index (Phi) is 1.15. The number of aliphatic imine (C=N–C) groups is 1. The van der Waals surface area contributed by atoms with Gasteiger partial charge >= 0.3 is 0 Å². The highest BCUT2D eigenvalue weighted by atomic mass is 32.2. The summed E-state index contributed by atoms with van der Waals surface area (Å²) in [4.78, 5) is 12.4. The highest BCUT2D eigenvalue weighted by Crippen LogP contribution is 2.39. The number of thioether (sulfide) groups is 1. The van der Waals surface area contributed by atoms with Gasteiger partial charge in [-0.05, 0) is 0 Å². The lowest BCUT2D eigenvalue weighted by Crippen LogP contribution is -1.84. The van der Waals surface area contributed by atoms with E-state index in [-0.39, 0.29) is 0 Å². The Labute approximate surface area is 73.6 Å². The average Bonchev–Trinajstić information content (AvgIpc) is 2.62. The predicted octanol–water partition coefficient (Wildman–Crippen LogP) is 1.65. The van der Waals surface area contributed by atoms with E-state index in [4.69, 9.17) is 0 Å². The van der Waals surface area contributed by atoms with Crippen LogP contribution in [0.4, 0.5) is 5.82 Å². The molecule has 3 nitrogen and oxygen atoms in total. The third-order valence-corrected chi connectivity index (χ3v) is 2.84. The van der Waals surface area contributed by atoms with Crippen LogP contribution in [0.3, 0.4) is 0 Å². The van der Waals surface area contributed by atoms with Gasteiger partial charge < -0.3 is 0 Å². The number of nitrogens with zero attached hydrogens (tertiary/aromatic N) is 3. The van der Waals surface area contributed by atoms with Crippen LogP contribution >= 0.6 is 11.8 Å². The Morgan fingerprint density at radius 3 is 3.42 bits per heavy atom. The molecule has 0 saturated heterocycles. The van der Waals surface area contributed by atoms with Gasteiger partial charge in [0.2, 0.25) is 0 Å². The molecule has 58 valence electrons. The van der Waals surface area contributed by atoms with Crippen LogP contribution in [-0.2, 0) is 0 Å². The molecule has 0 saturated carbocycles. The van der Waals surface area contributed by atoms with E-state index in [0.29, 0.717) is 0 Å². The van der Waals surface area contributed by atoms with Gasteiger partial charge in [-0.15, -0.1) is 11.8 Å². The fraction of sp³-hybridized carbons (Fsp3) is 0.125. The number of rotatable bonds is 0. The third-order valence-electron chi connectivity index (χ3n) is 1.93. The van der Waals surface area contributed by atoms with Gasteiger partial charge in [-0.2, -0.15) is 0 Å². The van der Waals surface area contributed by atoms with Crippen molar-refractivity contribution in [2.45, 2.75) is 0 Å². The van der Waals surface area contributed by atoms with Gasteiger partial charge in [-0.25, -0.2) is 15.0 Å². The lowest BCUT2D eigenvalue weighted by molar-refractivity contribution is 1.15. The van der Waals surface area contributed by atoms with Crippen LogP contribution in [0.25, 0.3) is 5.57 Å². The van der Waals surface area contributed by atoms with Gasteiger partial charge in [0.05, 0.1) is 0 Å². The van der Waals surface area contributed by atoms with E-state index in [2.05, 4.69) is 21.0 Å². The SMILES string of the molecule is C1=C2C(=Nc3ncncc32)SC1. The van der Waals surface area contributed by atoms with Crippen molar-refractivity contribution in [3.8, 4) is 0 Å². The molecule has 0 spiro atoms. The van der Waals surface area contributed by atoms with Crippen molar-refractivity contribution in [3.05, 3.63) is 24.2 Å². The van der Waals surface area contributed by atoms with Crippen molar-refractivity contribution in [1.82, 2.24) is 9.97 Å². The van der Waals surface area contributed by atoms with Crippen molar-refractivity contribution in [3.63, 3.8) is 0 Å². The average molecular weight is 175 g/mol. The van der Waals surface area contributed by atoms with Gasteiger partial charge in [0.25, 0.3) is 0 Å². The summed E-state index contributed by atoms with van der Waals surface area (Å²) in [5.41, 5.74) is 2.30. The summed E-state index contributed by atoms with van der Waals surface area (Å²) in [5.74, 6) is 1.85. The molecular weight excluding hydrogens is 170 g/mol. The van der Waals surface area contributed by atoms with Gasteiger partial charge in [0, 0.05) is 23.1 Å². The molecule has 12 heavy (non-hydrogen) atoms. The maximum absolute atomic E-state index is 4.37. The second-order valence-electron chi connectivity index (χ2n) is 2.61. The smallest absolute Gasteiger partial charge is 0.164 e. The molecule has 1 aromatic heterocycles. The molecule has 0 N–H and O–H groups in total. The summed E-state index contributed by atoms with van der Waals surface area (Å²) in [6.45, 7) is 0. The second-order valence-corrected chi connectivity index (χ2v) is 3.61. The van der Waals surface area contributed by atoms with E-state index in [1.54, 1.807) is 11.8 Å². The van der Waals surface area contributed by atoms with Gasteiger partial charge in [-0.3, -0.25) is 0 Å². The molecular formula is C8H5N3S. The molecule has 0 unspecified atom stereocenters. The molecule has 4 heteroatoms. The fourth-order valence-corrected chi connectivity index (χ4v) is 2.29. The second kappa shape index (κ2) is 2.17. The normalized spacial score (nSPS) is 18.3. The Hall–Kier alpha value is -1.16. The first kappa shape index (κ1) is 6.37. The molecule has 3 rings (SSSR count). The highest BCUT2D eigenvalue weighted by molar-refractivity contribution is 8.15. The van der Waals surface area contributed by atoms with Crippen molar-refractivity contribution in [2.24, 2.45) is 4.99 Å². The monoisotopic (exact) mass is 175 g/mol. The lowest BCUT2D eigenvalue weighted by atomic mass is 10.1. The van der Waals surface area contributed by atoms with Crippen LogP contribution in [-0.4, -0.2) is 20.8 Å². The quantitative estimate of drug-likeness (QED) is 0.601. The van der Waals surface area contributed by atoms with E-state index in [1.165, 1.54) is 11.9 Å². The van der Waals surface area contributed by atoms with E-state index >= 15 is 0 Å². The van der Waals surface area contributed by atoms with E-state index in [9.17, 15) is 0 Å². The van der Waals surface area contributed by atoms with Crippen LogP contribution in [0.15, 0.2) is 23.6 Å². The van der Waals surface area contributed by atoms with E-state index in [1.807, 2.05) is 6.20 Å². The van der Waals surface area contributed by atoms with Crippen molar-refractivity contribution in [1.29, 1.82) is 0 Å². The Balaban J connectivity index is 2.29. The Morgan fingerprint density at radius 1 is 1.42 bits per heavy atom. The van der Waals surface area contributed by atoms with E-state index < -0.39 is 0 Å². The topological polar surface area (TPSA) is 38.1 Å². The maximum atomic E-state index is 4.37. The molecule has 3 heterocycles. The van der Waals surface area contributed by atoms with Crippen LogP contribution in [0, 0.1) is 0 Å². The largest absolute Gasteiger partial charge is 0.244 e. The predicted molar refractivity (Wildman–Crippen MR) is 49.6 cm³/mol. The summed E-state index contributed by atoms with van der Waals surface area (Å²) in [6, 6.07) is 0. The molecule has 2 aliphatic rings. The first-order valence-electron chi connectivity index (χ1n) is 3.67. The van der Waals surface area contributed by atoms with Crippen molar-refractivity contribution < 1.29 is 0 Å². The number of aromatic nitrogens is 2. The molecule has 0 aliphatic carbocycles. The first-order valence-corrected chi connectivity index (χ1v) is 4.66. The Bertz CT molecular complexity index is 409. The summed E-state index contributed by atoms with van der Waals surface area (Å²) < 4.78 is 0. The molecule has 0 fully saturated rings. The zero-order valence-corrected chi connectivity index (χ0v) is 7.01. The molecule has 0 radical (unpaired) electrons. The minimum Gasteiger partial charge on any atom is -0.244 e. The Morgan fingerprint density at radius 2 is 2.42 bits per heavy atom. The zero-order valence-electron chi connectivity index (χ0n) is 6.19. The molecule has 0 amide bonds. The summed E-state index contributed by atoms with van der Waals surface area (Å²) >= 11 is 1.76. The zero-order chi connectivity index (χ0) is 7.97. The fourth-order valence-electron chi connectivity index (χ4n) is 1.39. The molecule has 0 bridgehead atoms. The van der Waals surface area contributed by atoms with E-state index in [0.717, 1.165) is 22.2 Å². The molecule has 0 atom stereocenters. The highest BCUT2D eigenvalue weighted by Gasteiger charge is 2.25. The lowest BCUT2D eigenvalue weighted by Gasteiger charge is -1.93. The van der Waals surface area contributed by atoms with Crippen molar-refractivity contribution in [2.75, 3.05) is 5.75 Å². The number of fused-ring (bicyclic) bond motifs is 3. The van der Waals surface area contributed by atoms with Crippen LogP contribution in [0.5, 0.6) is 0 Å². The van der Waals surface area contributed by atoms with Crippen LogP contribution < -0.4 is 0 Å². The van der Waals surface area contributed by atoms with Crippen LogP contribution in [0.1, 0.15) is 5.56 Å². The molecule has 0 aromatic carbocycles. The molecule has 1 aromatic rings. The minimum atomic E-state index is 0.818. The first-order chi connectivity index (χ1) is 5.95. The number of hydrogen-bond acceptors (Lipinski definition) is 4. The van der Waals surface area contributed by atoms with Gasteiger partial charge in [0.15, 0.2) is 5.82 Å². The number of hydrogen-bond donors (Lipinski definition) is 0.